The third-order valence-electron chi connectivity index (χ3n) is 8.53. The molecule has 0 spiro atoms. The van der Waals surface area contributed by atoms with Crippen LogP contribution in [0.5, 0.6) is 11.5 Å². The van der Waals surface area contributed by atoms with Gasteiger partial charge in [0.05, 0.1) is 51.8 Å². The van der Waals surface area contributed by atoms with Crippen molar-refractivity contribution in [3.05, 3.63) is 108 Å². The molecular weight excluding hydrogens is 576 g/mol. The van der Waals surface area contributed by atoms with Gasteiger partial charge in [-0.3, -0.25) is 0 Å². The van der Waals surface area contributed by atoms with Crippen LogP contribution in [-0.4, -0.2) is 51.8 Å². The highest BCUT2D eigenvalue weighted by molar-refractivity contribution is 5.65. The maximum Gasteiger partial charge on any atom is 0.119 e. The maximum atomic E-state index is 6.03. The summed E-state index contributed by atoms with van der Waals surface area (Å²) in [7, 11) is 0. The molecule has 46 heavy (non-hydrogen) atoms. The average Bonchev–Trinajstić information content (AvgIpc) is 4.05. The van der Waals surface area contributed by atoms with Crippen molar-refractivity contribution in [2.24, 2.45) is 0 Å². The molecule has 2 heterocycles. The molecule has 0 aromatic heterocycles. The molecule has 0 N–H and O–H groups in total. The van der Waals surface area contributed by atoms with Crippen LogP contribution in [0.15, 0.2) is 97.1 Å². The van der Waals surface area contributed by atoms with Gasteiger partial charge < -0.3 is 28.4 Å². The third-order valence-corrected chi connectivity index (χ3v) is 8.53. The van der Waals surface area contributed by atoms with Gasteiger partial charge in [-0.15, -0.1) is 0 Å². The summed E-state index contributed by atoms with van der Waals surface area (Å²) in [5, 5.41) is 0. The number of epoxide rings is 2. The Hall–Kier alpha value is -3.68. The van der Waals surface area contributed by atoms with E-state index >= 15 is 0 Å². The van der Waals surface area contributed by atoms with Crippen molar-refractivity contribution in [2.75, 3.05) is 39.6 Å². The smallest absolute Gasteiger partial charge is 0.119 e. The molecule has 242 valence electrons. The minimum Gasteiger partial charge on any atom is -0.494 e. The highest BCUT2D eigenvalue weighted by Gasteiger charge is 2.25. The number of ether oxygens (including phenoxy) is 6. The predicted octanol–water partition coefficient (Wildman–Crippen LogP) is 8.99. The number of rotatable bonds is 19. The van der Waals surface area contributed by atoms with Gasteiger partial charge in [-0.25, -0.2) is 0 Å². The van der Waals surface area contributed by atoms with Gasteiger partial charge in [0, 0.05) is 0 Å². The number of hydrogen-bond acceptors (Lipinski definition) is 6. The molecule has 0 aliphatic carbocycles. The Bertz CT molecular complexity index is 1340. The van der Waals surface area contributed by atoms with Crippen LogP contribution in [0.2, 0.25) is 0 Å². The number of benzene rings is 4. The van der Waals surface area contributed by atoms with E-state index in [-0.39, 0.29) is 24.4 Å². The summed E-state index contributed by atoms with van der Waals surface area (Å²) in [6.07, 6.45) is 4.55. The Kier molecular flexibility index (Phi) is 11.4. The normalized spacial score (nSPS) is 18.1. The molecular formula is C40H46O6. The molecule has 6 rings (SSSR count). The summed E-state index contributed by atoms with van der Waals surface area (Å²) in [6, 6.07) is 34.0. The van der Waals surface area contributed by atoms with Crippen LogP contribution in [0.3, 0.4) is 0 Å². The van der Waals surface area contributed by atoms with Crippen molar-refractivity contribution >= 4 is 0 Å². The molecule has 2 aliphatic rings. The van der Waals surface area contributed by atoms with Gasteiger partial charge in [0.1, 0.15) is 23.7 Å². The molecule has 4 aromatic rings. The summed E-state index contributed by atoms with van der Waals surface area (Å²) in [5.41, 5.74) is 7.13. The molecule has 0 amide bonds. The summed E-state index contributed by atoms with van der Waals surface area (Å²) < 4.78 is 34.6. The van der Waals surface area contributed by atoms with Gasteiger partial charge in [0.2, 0.25) is 0 Å². The number of hydrogen-bond donors (Lipinski definition) is 0. The molecule has 0 bridgehead atoms. The fourth-order valence-corrected chi connectivity index (χ4v) is 5.53. The van der Waals surface area contributed by atoms with Gasteiger partial charge in [0.15, 0.2) is 0 Å². The van der Waals surface area contributed by atoms with Gasteiger partial charge in [0.25, 0.3) is 0 Å². The first-order chi connectivity index (χ1) is 22.7. The van der Waals surface area contributed by atoms with E-state index in [9.17, 15) is 0 Å². The molecule has 6 heteroatoms. The molecule has 0 radical (unpaired) electrons. The Balaban J connectivity index is 0.881. The van der Waals surface area contributed by atoms with Gasteiger partial charge >= 0.3 is 0 Å². The first-order valence-electron chi connectivity index (χ1n) is 16.8. The lowest BCUT2D eigenvalue weighted by Crippen LogP contribution is -2.08. The Morgan fingerprint density at radius 3 is 1.15 bits per heavy atom. The monoisotopic (exact) mass is 622 g/mol. The lowest BCUT2D eigenvalue weighted by atomic mass is 10.0. The van der Waals surface area contributed by atoms with Crippen molar-refractivity contribution in [3.8, 4) is 33.8 Å². The summed E-state index contributed by atoms with van der Waals surface area (Å²) in [6.45, 7) is 8.63. The van der Waals surface area contributed by atoms with Crippen LogP contribution in [0.1, 0.15) is 62.9 Å². The minimum absolute atomic E-state index is 0.113. The van der Waals surface area contributed by atoms with Gasteiger partial charge in [-0.05, 0) is 83.3 Å². The maximum absolute atomic E-state index is 6.03. The van der Waals surface area contributed by atoms with E-state index < -0.39 is 0 Å². The van der Waals surface area contributed by atoms with E-state index in [4.69, 9.17) is 28.4 Å². The zero-order chi connectivity index (χ0) is 31.6. The largest absolute Gasteiger partial charge is 0.494 e. The summed E-state index contributed by atoms with van der Waals surface area (Å²) in [5.74, 6) is 1.77. The molecule has 4 unspecified atom stereocenters. The van der Waals surface area contributed by atoms with Gasteiger partial charge in [-0.2, -0.15) is 0 Å². The number of unbranched alkanes of at least 4 members (excludes halogenated alkanes) is 1. The van der Waals surface area contributed by atoms with Crippen LogP contribution in [0, 0.1) is 0 Å². The standard InChI is InChI=1S/C40H46O6/c1-3-39(45-27-37-25-43-37)33-11-7-29(8-12-33)31-15-19-35(20-16-31)41-23-5-6-24-42-36-21-17-32(18-22-36)30-9-13-34(14-10-30)40(4-2)46-28-38-26-44-38/h7-22,37-40H,3-6,23-28H2,1-2H3. The summed E-state index contributed by atoms with van der Waals surface area (Å²) in [4.78, 5) is 0. The molecule has 4 atom stereocenters. The predicted molar refractivity (Wildman–Crippen MR) is 181 cm³/mol. The van der Waals surface area contributed by atoms with E-state index in [2.05, 4.69) is 86.6 Å². The minimum atomic E-state index is 0.113. The Labute approximate surface area is 273 Å². The van der Waals surface area contributed by atoms with Crippen molar-refractivity contribution < 1.29 is 28.4 Å². The molecule has 4 aromatic carbocycles. The SMILES string of the molecule is CCC(OCC1CO1)c1ccc(-c2ccc(OCCCCOc3ccc(-c4ccc(C(CC)OCC5CO5)cc4)cc3)cc2)cc1. The van der Waals surface area contributed by atoms with Crippen molar-refractivity contribution in [3.63, 3.8) is 0 Å². The Morgan fingerprint density at radius 2 is 0.848 bits per heavy atom. The van der Waals surface area contributed by atoms with Crippen LogP contribution >= 0.6 is 0 Å². The van der Waals surface area contributed by atoms with E-state index in [0.29, 0.717) is 26.4 Å². The molecule has 2 fully saturated rings. The lowest BCUT2D eigenvalue weighted by Gasteiger charge is -2.16. The zero-order valence-electron chi connectivity index (χ0n) is 27.1. The van der Waals surface area contributed by atoms with E-state index in [1.807, 2.05) is 24.3 Å². The third kappa shape index (κ3) is 9.43. The lowest BCUT2D eigenvalue weighted by molar-refractivity contribution is 0.0394. The highest BCUT2D eigenvalue weighted by Crippen LogP contribution is 2.29. The second-order valence-electron chi connectivity index (χ2n) is 12.1. The van der Waals surface area contributed by atoms with Crippen LogP contribution in [0.4, 0.5) is 0 Å². The molecule has 0 saturated carbocycles. The average molecular weight is 623 g/mol. The zero-order valence-corrected chi connectivity index (χ0v) is 27.1. The summed E-state index contributed by atoms with van der Waals surface area (Å²) >= 11 is 0. The Morgan fingerprint density at radius 1 is 0.522 bits per heavy atom. The van der Waals surface area contributed by atoms with Crippen LogP contribution in [0.25, 0.3) is 22.3 Å². The second-order valence-corrected chi connectivity index (χ2v) is 12.1. The first-order valence-corrected chi connectivity index (χ1v) is 16.8. The van der Waals surface area contributed by atoms with E-state index in [1.54, 1.807) is 0 Å². The van der Waals surface area contributed by atoms with E-state index in [0.717, 1.165) is 50.4 Å². The quantitative estimate of drug-likeness (QED) is 0.0768. The molecule has 2 saturated heterocycles. The van der Waals surface area contributed by atoms with Crippen molar-refractivity contribution in [1.82, 2.24) is 0 Å². The van der Waals surface area contributed by atoms with Crippen molar-refractivity contribution in [1.29, 1.82) is 0 Å². The van der Waals surface area contributed by atoms with Crippen LogP contribution < -0.4 is 9.47 Å². The van der Waals surface area contributed by atoms with Crippen molar-refractivity contribution in [2.45, 2.75) is 63.9 Å². The highest BCUT2D eigenvalue weighted by atomic mass is 16.6. The fraction of sp³-hybridized carbons (Fsp3) is 0.400. The molecule has 6 nitrogen and oxygen atoms in total. The van der Waals surface area contributed by atoms with Crippen LogP contribution in [-0.2, 0) is 18.9 Å². The fourth-order valence-electron chi connectivity index (χ4n) is 5.53. The van der Waals surface area contributed by atoms with E-state index in [1.165, 1.54) is 33.4 Å². The van der Waals surface area contributed by atoms with Gasteiger partial charge in [-0.1, -0.05) is 86.6 Å². The molecule has 2 aliphatic heterocycles. The first kappa shape index (κ1) is 32.3. The topological polar surface area (TPSA) is 62.0 Å². The second kappa shape index (κ2) is 16.2.